The van der Waals surface area contributed by atoms with Crippen LogP contribution in [0.25, 0.3) is 0 Å². The van der Waals surface area contributed by atoms with Crippen molar-refractivity contribution < 1.29 is 14.3 Å². The van der Waals surface area contributed by atoms with E-state index < -0.39 is 0 Å². The van der Waals surface area contributed by atoms with Crippen LogP contribution in [0.3, 0.4) is 0 Å². The second-order valence-electron chi connectivity index (χ2n) is 4.65. The standard InChI is InChI=1S/C12H18O3S/c1-3-4-16-9-6-7-5-8(13)10(7)11(9)12(14)15-2/h7,9-11H,3-6H2,1-2H3. The fourth-order valence-corrected chi connectivity index (χ4v) is 4.31. The van der Waals surface area contributed by atoms with E-state index in [4.69, 9.17) is 4.74 Å². The monoisotopic (exact) mass is 242 g/mol. The molecule has 0 heterocycles. The van der Waals surface area contributed by atoms with E-state index in [9.17, 15) is 9.59 Å². The van der Waals surface area contributed by atoms with Gasteiger partial charge >= 0.3 is 5.97 Å². The molecule has 2 aliphatic rings. The number of Topliss-reactive ketones (excluding diaryl/α,β-unsaturated/α-hetero) is 1. The van der Waals surface area contributed by atoms with Crippen molar-refractivity contribution in [1.29, 1.82) is 0 Å². The van der Waals surface area contributed by atoms with Gasteiger partial charge in [-0.15, -0.1) is 0 Å². The summed E-state index contributed by atoms with van der Waals surface area (Å²) in [5.74, 6) is 1.39. The minimum Gasteiger partial charge on any atom is -0.469 e. The Hall–Kier alpha value is -0.510. The molecule has 2 aliphatic carbocycles. The number of fused-ring (bicyclic) bond motifs is 1. The van der Waals surface area contributed by atoms with Crippen LogP contribution in [0, 0.1) is 17.8 Å². The summed E-state index contributed by atoms with van der Waals surface area (Å²) in [6.45, 7) is 2.13. The number of methoxy groups -OCH3 is 1. The van der Waals surface area contributed by atoms with E-state index in [0.29, 0.717) is 17.6 Å². The predicted octanol–water partition coefficient (Wildman–Crippen LogP) is 1.90. The molecule has 2 saturated carbocycles. The predicted molar refractivity (Wildman–Crippen MR) is 63.3 cm³/mol. The SMILES string of the molecule is CCCSC1CC2CC(=O)C2C1C(=O)OC. The number of thioether (sulfide) groups is 1. The van der Waals surface area contributed by atoms with Gasteiger partial charge in [0.2, 0.25) is 0 Å². The zero-order valence-corrected chi connectivity index (χ0v) is 10.6. The van der Waals surface area contributed by atoms with Gasteiger partial charge in [-0.25, -0.2) is 0 Å². The van der Waals surface area contributed by atoms with E-state index in [1.54, 1.807) is 0 Å². The minimum absolute atomic E-state index is 0.0261. The van der Waals surface area contributed by atoms with Crippen LogP contribution in [0.2, 0.25) is 0 Å². The number of hydrogen-bond acceptors (Lipinski definition) is 4. The van der Waals surface area contributed by atoms with Crippen molar-refractivity contribution >= 4 is 23.5 Å². The first kappa shape index (κ1) is 12.0. The summed E-state index contributed by atoms with van der Waals surface area (Å²) in [4.78, 5) is 23.3. The van der Waals surface area contributed by atoms with E-state index >= 15 is 0 Å². The molecule has 0 radical (unpaired) electrons. The van der Waals surface area contributed by atoms with Gasteiger partial charge in [-0.3, -0.25) is 9.59 Å². The highest BCUT2D eigenvalue weighted by atomic mass is 32.2. The van der Waals surface area contributed by atoms with Crippen LogP contribution in [0.15, 0.2) is 0 Å². The third kappa shape index (κ3) is 1.88. The third-order valence-corrected chi connectivity index (χ3v) is 5.23. The van der Waals surface area contributed by atoms with Crippen molar-refractivity contribution in [3.8, 4) is 0 Å². The van der Waals surface area contributed by atoms with Gasteiger partial charge in [0.05, 0.1) is 13.0 Å². The van der Waals surface area contributed by atoms with Crippen LogP contribution in [0.5, 0.6) is 0 Å². The Morgan fingerprint density at radius 1 is 1.56 bits per heavy atom. The summed E-state index contributed by atoms with van der Waals surface area (Å²) in [7, 11) is 1.42. The number of ketones is 1. The van der Waals surface area contributed by atoms with E-state index in [1.807, 2.05) is 11.8 Å². The van der Waals surface area contributed by atoms with Crippen LogP contribution in [-0.2, 0) is 14.3 Å². The molecule has 0 aromatic heterocycles. The lowest BCUT2D eigenvalue weighted by molar-refractivity contribution is -0.152. The molecule has 0 aliphatic heterocycles. The average Bonchev–Trinajstić information content (AvgIpc) is 2.57. The number of carbonyl (C=O) groups is 2. The van der Waals surface area contributed by atoms with Crippen molar-refractivity contribution in [2.24, 2.45) is 17.8 Å². The first-order chi connectivity index (χ1) is 7.69. The van der Waals surface area contributed by atoms with Crippen molar-refractivity contribution in [3.05, 3.63) is 0 Å². The van der Waals surface area contributed by atoms with Gasteiger partial charge in [-0.1, -0.05) is 6.92 Å². The van der Waals surface area contributed by atoms with Gasteiger partial charge in [0.1, 0.15) is 5.78 Å². The number of carbonyl (C=O) groups excluding carboxylic acids is 2. The molecule has 3 nitrogen and oxygen atoms in total. The minimum atomic E-state index is -0.186. The van der Waals surface area contributed by atoms with Crippen molar-refractivity contribution in [2.45, 2.75) is 31.4 Å². The lowest BCUT2D eigenvalue weighted by Gasteiger charge is -2.31. The number of rotatable bonds is 4. The van der Waals surface area contributed by atoms with Gasteiger partial charge in [0.25, 0.3) is 0 Å². The van der Waals surface area contributed by atoms with Crippen molar-refractivity contribution in [1.82, 2.24) is 0 Å². The number of ether oxygens (including phenoxy) is 1. The van der Waals surface area contributed by atoms with Crippen LogP contribution < -0.4 is 0 Å². The molecule has 4 heteroatoms. The quantitative estimate of drug-likeness (QED) is 0.706. The average molecular weight is 242 g/mol. The molecule has 0 spiro atoms. The summed E-state index contributed by atoms with van der Waals surface area (Å²) in [6, 6.07) is 0. The zero-order valence-electron chi connectivity index (χ0n) is 9.77. The van der Waals surface area contributed by atoms with Crippen LogP contribution in [0.4, 0.5) is 0 Å². The summed E-state index contributed by atoms with van der Waals surface area (Å²) in [5, 5.41) is 0.300. The molecule has 0 aromatic rings. The Kier molecular flexibility index (Phi) is 3.57. The summed E-state index contributed by atoms with van der Waals surface area (Å²) in [6.07, 6.45) is 2.81. The Balaban J connectivity index is 2.06. The Morgan fingerprint density at radius 3 is 2.88 bits per heavy atom. The maximum absolute atomic E-state index is 11.7. The molecule has 0 aromatic carbocycles. The van der Waals surface area contributed by atoms with Gasteiger partial charge in [0.15, 0.2) is 0 Å². The maximum Gasteiger partial charge on any atom is 0.310 e. The first-order valence-electron chi connectivity index (χ1n) is 5.91. The molecule has 2 fully saturated rings. The molecule has 90 valence electrons. The Morgan fingerprint density at radius 2 is 2.31 bits per heavy atom. The highest BCUT2D eigenvalue weighted by Gasteiger charge is 2.56. The third-order valence-electron chi connectivity index (χ3n) is 3.67. The lowest BCUT2D eigenvalue weighted by Crippen LogP contribution is -2.40. The summed E-state index contributed by atoms with van der Waals surface area (Å²) in [5.41, 5.74) is 0. The highest BCUT2D eigenvalue weighted by Crippen LogP contribution is 2.52. The summed E-state index contributed by atoms with van der Waals surface area (Å²) >= 11 is 1.83. The van der Waals surface area contributed by atoms with E-state index in [-0.39, 0.29) is 23.6 Å². The van der Waals surface area contributed by atoms with Crippen molar-refractivity contribution in [2.75, 3.05) is 12.9 Å². The first-order valence-corrected chi connectivity index (χ1v) is 6.96. The van der Waals surface area contributed by atoms with Gasteiger partial charge < -0.3 is 4.74 Å². The molecule has 0 N–H and O–H groups in total. The molecular formula is C12H18O3S. The second kappa shape index (κ2) is 4.78. The van der Waals surface area contributed by atoms with Crippen LogP contribution in [0.1, 0.15) is 26.2 Å². The molecule has 2 rings (SSSR count). The topological polar surface area (TPSA) is 43.4 Å². The van der Waals surface area contributed by atoms with E-state index in [0.717, 1.165) is 18.6 Å². The molecule has 4 atom stereocenters. The lowest BCUT2D eigenvalue weighted by atomic mass is 9.71. The fraction of sp³-hybridized carbons (Fsp3) is 0.833. The molecule has 0 bridgehead atoms. The van der Waals surface area contributed by atoms with Gasteiger partial charge in [0, 0.05) is 17.6 Å². The smallest absolute Gasteiger partial charge is 0.310 e. The van der Waals surface area contributed by atoms with Crippen LogP contribution >= 0.6 is 11.8 Å². The molecular weight excluding hydrogens is 224 g/mol. The Bertz CT molecular complexity index is 303. The largest absolute Gasteiger partial charge is 0.469 e. The van der Waals surface area contributed by atoms with E-state index in [1.165, 1.54) is 7.11 Å². The van der Waals surface area contributed by atoms with Gasteiger partial charge in [-0.2, -0.15) is 11.8 Å². The molecule has 0 amide bonds. The Labute approximate surface area is 100 Å². The normalized spacial score (nSPS) is 36.8. The maximum atomic E-state index is 11.7. The van der Waals surface area contributed by atoms with Crippen molar-refractivity contribution in [3.63, 3.8) is 0 Å². The fourth-order valence-electron chi connectivity index (χ4n) is 2.90. The zero-order chi connectivity index (χ0) is 11.7. The second-order valence-corrected chi connectivity index (χ2v) is 6.00. The molecule has 16 heavy (non-hydrogen) atoms. The molecule has 0 saturated heterocycles. The number of hydrogen-bond donors (Lipinski definition) is 0. The number of esters is 1. The van der Waals surface area contributed by atoms with E-state index in [2.05, 4.69) is 6.92 Å². The van der Waals surface area contributed by atoms with Crippen LogP contribution in [-0.4, -0.2) is 29.9 Å². The van der Waals surface area contributed by atoms with Gasteiger partial charge in [-0.05, 0) is 24.5 Å². The summed E-state index contributed by atoms with van der Waals surface area (Å²) < 4.78 is 4.84. The highest BCUT2D eigenvalue weighted by molar-refractivity contribution is 7.99. The molecule has 4 unspecified atom stereocenters.